The Hall–Kier alpha value is -0.800. The van der Waals surface area contributed by atoms with Gasteiger partial charge in [-0.3, -0.25) is 0 Å². The van der Waals surface area contributed by atoms with Gasteiger partial charge in [-0.1, -0.05) is 26.0 Å². The normalized spacial score (nSPS) is 10.6. The van der Waals surface area contributed by atoms with Crippen molar-refractivity contribution in [2.24, 2.45) is 0 Å². The number of hydrogen-bond acceptors (Lipinski definition) is 3. The molecule has 1 nitrogen and oxygen atoms in total. The molecule has 16 heavy (non-hydrogen) atoms. The smallest absolute Gasteiger partial charge is 0.123 e. The number of nitrogens with zero attached hydrogens (tertiary/aromatic N) is 1. The Morgan fingerprint density at radius 3 is 2.50 bits per heavy atom. The van der Waals surface area contributed by atoms with Gasteiger partial charge in [-0.05, 0) is 24.3 Å². The predicted octanol–water partition coefficient (Wildman–Crippen LogP) is 4.48. The lowest BCUT2D eigenvalue weighted by Gasteiger charge is -1.99. The highest BCUT2D eigenvalue weighted by Crippen LogP contribution is 2.26. The number of thioether (sulfide) groups is 1. The van der Waals surface area contributed by atoms with Crippen LogP contribution in [0.3, 0.4) is 0 Å². The van der Waals surface area contributed by atoms with Crippen molar-refractivity contribution in [2.75, 3.05) is 5.75 Å². The van der Waals surface area contributed by atoms with Gasteiger partial charge in [0.1, 0.15) is 5.01 Å². The molecule has 1 heterocycles. The summed E-state index contributed by atoms with van der Waals surface area (Å²) < 4.78 is 0. The summed E-state index contributed by atoms with van der Waals surface area (Å²) in [5.41, 5.74) is 2.41. The molecule has 3 heteroatoms. The maximum atomic E-state index is 4.59. The van der Waals surface area contributed by atoms with E-state index in [2.05, 4.69) is 48.5 Å². The Kier molecular flexibility index (Phi) is 4.02. The minimum Gasteiger partial charge on any atom is -0.241 e. The Morgan fingerprint density at radius 1 is 1.19 bits per heavy atom. The molecule has 0 aliphatic rings. The molecule has 1 aromatic carbocycles. The Labute approximate surface area is 105 Å². The fourth-order valence-electron chi connectivity index (χ4n) is 1.46. The van der Waals surface area contributed by atoms with Gasteiger partial charge in [-0.15, -0.1) is 23.1 Å². The van der Waals surface area contributed by atoms with Gasteiger partial charge in [0.15, 0.2) is 0 Å². The highest BCUT2D eigenvalue weighted by Gasteiger charge is 2.03. The van der Waals surface area contributed by atoms with Crippen LogP contribution >= 0.6 is 23.1 Å². The molecule has 0 fully saturated rings. The van der Waals surface area contributed by atoms with Gasteiger partial charge in [-0.25, -0.2) is 4.98 Å². The molecule has 1 aromatic heterocycles. The van der Waals surface area contributed by atoms with Crippen molar-refractivity contribution >= 4 is 23.1 Å². The van der Waals surface area contributed by atoms with Crippen molar-refractivity contribution in [3.63, 3.8) is 0 Å². The minimum absolute atomic E-state index is 1.01. The summed E-state index contributed by atoms with van der Waals surface area (Å²) in [6.45, 7) is 4.31. The van der Waals surface area contributed by atoms with Crippen molar-refractivity contribution in [1.82, 2.24) is 4.98 Å². The molecule has 2 aromatic rings. The molecule has 0 amide bonds. The van der Waals surface area contributed by atoms with Crippen molar-refractivity contribution in [1.29, 1.82) is 0 Å². The number of rotatable bonds is 4. The molecule has 0 atom stereocenters. The second-order valence-electron chi connectivity index (χ2n) is 3.45. The predicted molar refractivity (Wildman–Crippen MR) is 73.3 cm³/mol. The van der Waals surface area contributed by atoms with Gasteiger partial charge in [0.05, 0.1) is 5.69 Å². The minimum atomic E-state index is 1.01. The summed E-state index contributed by atoms with van der Waals surface area (Å²) in [4.78, 5) is 5.92. The lowest BCUT2D eigenvalue weighted by Crippen LogP contribution is -1.81. The van der Waals surface area contributed by atoms with Crippen LogP contribution in [0.2, 0.25) is 0 Å². The molecule has 2 rings (SSSR count). The molecule has 0 aliphatic heterocycles. The number of thiazole rings is 1. The lowest BCUT2D eigenvalue weighted by molar-refractivity contribution is 1.07. The molecular formula is C13H15NS2. The van der Waals surface area contributed by atoms with Gasteiger partial charge >= 0.3 is 0 Å². The molecule has 0 unspecified atom stereocenters. The number of hydrogen-bond donors (Lipinski definition) is 0. The van der Waals surface area contributed by atoms with E-state index in [0.717, 1.165) is 17.2 Å². The summed E-state index contributed by atoms with van der Waals surface area (Å²) >= 11 is 3.60. The average Bonchev–Trinajstić information content (AvgIpc) is 2.79. The molecule has 0 saturated carbocycles. The van der Waals surface area contributed by atoms with E-state index >= 15 is 0 Å². The van der Waals surface area contributed by atoms with Gasteiger partial charge in [0.2, 0.25) is 0 Å². The van der Waals surface area contributed by atoms with Crippen molar-refractivity contribution < 1.29 is 0 Å². The van der Waals surface area contributed by atoms with Crippen molar-refractivity contribution in [2.45, 2.75) is 25.2 Å². The van der Waals surface area contributed by atoms with E-state index in [-0.39, 0.29) is 0 Å². The van der Waals surface area contributed by atoms with E-state index in [0.29, 0.717) is 0 Å². The Morgan fingerprint density at radius 2 is 1.94 bits per heavy atom. The fourth-order valence-corrected chi connectivity index (χ4v) is 3.03. The average molecular weight is 249 g/mol. The zero-order valence-electron chi connectivity index (χ0n) is 9.56. The van der Waals surface area contributed by atoms with E-state index in [1.54, 1.807) is 11.3 Å². The third-order valence-electron chi connectivity index (χ3n) is 2.33. The fraction of sp³-hybridized carbons (Fsp3) is 0.308. The van der Waals surface area contributed by atoms with Crippen LogP contribution in [0, 0.1) is 0 Å². The quantitative estimate of drug-likeness (QED) is 0.741. The van der Waals surface area contributed by atoms with Crippen LogP contribution in [-0.4, -0.2) is 10.7 Å². The first-order valence-electron chi connectivity index (χ1n) is 5.51. The van der Waals surface area contributed by atoms with Crippen LogP contribution in [0.25, 0.3) is 10.6 Å². The highest BCUT2D eigenvalue weighted by atomic mass is 32.2. The topological polar surface area (TPSA) is 12.9 Å². The summed E-state index contributed by atoms with van der Waals surface area (Å²) in [6.07, 6.45) is 1.01. The van der Waals surface area contributed by atoms with Crippen LogP contribution in [0.15, 0.2) is 34.5 Å². The van der Waals surface area contributed by atoms with Gasteiger partial charge in [0.25, 0.3) is 0 Å². The van der Waals surface area contributed by atoms with Crippen LogP contribution in [0.1, 0.15) is 19.5 Å². The zero-order chi connectivity index (χ0) is 11.4. The first kappa shape index (κ1) is 11.7. The zero-order valence-corrected chi connectivity index (χ0v) is 11.2. The van der Waals surface area contributed by atoms with Crippen LogP contribution in [0.4, 0.5) is 0 Å². The summed E-state index contributed by atoms with van der Waals surface area (Å²) in [6, 6.07) is 8.68. The van der Waals surface area contributed by atoms with Crippen LogP contribution in [0.5, 0.6) is 0 Å². The second kappa shape index (κ2) is 5.51. The Bertz CT molecular complexity index is 445. The number of aryl methyl sites for hydroxylation is 1. The summed E-state index contributed by atoms with van der Waals surface area (Å²) in [7, 11) is 0. The second-order valence-corrected chi connectivity index (χ2v) is 5.65. The van der Waals surface area contributed by atoms with E-state index in [9.17, 15) is 0 Å². The number of benzene rings is 1. The largest absolute Gasteiger partial charge is 0.241 e. The van der Waals surface area contributed by atoms with Crippen molar-refractivity contribution in [3.8, 4) is 10.6 Å². The van der Waals surface area contributed by atoms with Gasteiger partial charge in [-0.2, -0.15) is 0 Å². The van der Waals surface area contributed by atoms with E-state index < -0.39 is 0 Å². The molecule has 0 N–H and O–H groups in total. The SMILES string of the molecule is CCSc1ccc(-c2nc(CC)cs2)cc1. The first-order valence-corrected chi connectivity index (χ1v) is 7.37. The third kappa shape index (κ3) is 2.66. The Balaban J connectivity index is 2.20. The highest BCUT2D eigenvalue weighted by molar-refractivity contribution is 7.99. The van der Waals surface area contributed by atoms with E-state index in [1.807, 2.05) is 11.8 Å². The molecule has 0 saturated heterocycles. The van der Waals surface area contributed by atoms with E-state index in [4.69, 9.17) is 0 Å². The van der Waals surface area contributed by atoms with E-state index in [1.165, 1.54) is 16.2 Å². The molecule has 0 aliphatic carbocycles. The molecular weight excluding hydrogens is 234 g/mol. The number of aromatic nitrogens is 1. The summed E-state index contributed by atoms with van der Waals surface area (Å²) in [5.74, 6) is 1.12. The molecule has 0 radical (unpaired) electrons. The van der Waals surface area contributed by atoms with Crippen LogP contribution in [-0.2, 0) is 6.42 Å². The molecule has 0 bridgehead atoms. The van der Waals surface area contributed by atoms with Gasteiger partial charge in [0, 0.05) is 15.8 Å². The maximum Gasteiger partial charge on any atom is 0.123 e. The summed E-state index contributed by atoms with van der Waals surface area (Å²) in [5, 5.41) is 3.27. The van der Waals surface area contributed by atoms with Gasteiger partial charge < -0.3 is 0 Å². The lowest BCUT2D eigenvalue weighted by atomic mass is 10.2. The molecule has 84 valence electrons. The van der Waals surface area contributed by atoms with Crippen LogP contribution < -0.4 is 0 Å². The standard InChI is InChI=1S/C13H15NS2/c1-3-11-9-16-13(14-11)10-5-7-12(8-6-10)15-4-2/h5-9H,3-4H2,1-2H3. The third-order valence-corrected chi connectivity index (χ3v) is 4.16. The maximum absolute atomic E-state index is 4.59. The monoisotopic (exact) mass is 249 g/mol. The first-order chi connectivity index (χ1) is 7.83. The molecule has 0 spiro atoms. The van der Waals surface area contributed by atoms with Crippen molar-refractivity contribution in [3.05, 3.63) is 35.3 Å².